The summed E-state index contributed by atoms with van der Waals surface area (Å²) < 4.78 is 5.31. The number of hydrogen-bond donors (Lipinski definition) is 2. The van der Waals surface area contributed by atoms with Gasteiger partial charge in [0.15, 0.2) is 0 Å². The molecule has 1 heterocycles. The van der Waals surface area contributed by atoms with E-state index >= 15 is 0 Å². The largest absolute Gasteiger partial charge is 0.462 e. The Labute approximate surface area is 89.5 Å². The summed E-state index contributed by atoms with van der Waals surface area (Å²) in [6, 6.07) is 5.93. The first-order valence-electron chi connectivity index (χ1n) is 5.09. The minimum atomic E-state index is -0.0740. The Bertz CT molecular complexity index is 328. The maximum Gasteiger partial charge on any atom is 0.129 e. The van der Waals surface area contributed by atoms with Gasteiger partial charge in [0.25, 0.3) is 0 Å². The van der Waals surface area contributed by atoms with Crippen molar-refractivity contribution in [2.24, 2.45) is 0 Å². The van der Waals surface area contributed by atoms with Gasteiger partial charge >= 0.3 is 0 Å². The van der Waals surface area contributed by atoms with Crippen molar-refractivity contribution < 1.29 is 9.52 Å². The topological polar surface area (TPSA) is 69.2 Å². The average molecular weight is 208 g/mol. The molecule has 0 aliphatic rings. The van der Waals surface area contributed by atoms with E-state index in [0.717, 1.165) is 12.2 Å². The van der Waals surface area contributed by atoms with Crippen molar-refractivity contribution in [3.63, 3.8) is 0 Å². The van der Waals surface area contributed by atoms with Gasteiger partial charge < -0.3 is 14.8 Å². The number of nitrogens with one attached hydrogen (secondary N) is 1. The lowest BCUT2D eigenvalue weighted by Gasteiger charge is -2.11. The third-order valence-electron chi connectivity index (χ3n) is 2.27. The van der Waals surface area contributed by atoms with Crippen molar-refractivity contribution >= 4 is 0 Å². The standard InChI is InChI=1S/C11H16N2O2/c1-2-9(5-6-12)13-7-10-3-4-11(8-14)15-10/h3-4,9,13-14H,2,5,7-8H2,1H3. The lowest BCUT2D eigenvalue weighted by molar-refractivity contribution is 0.242. The zero-order chi connectivity index (χ0) is 11.1. The second kappa shape index (κ2) is 6.23. The van der Waals surface area contributed by atoms with E-state index in [2.05, 4.69) is 11.4 Å². The van der Waals surface area contributed by atoms with Crippen LogP contribution < -0.4 is 5.32 Å². The molecule has 82 valence electrons. The van der Waals surface area contributed by atoms with Crippen LogP contribution in [0.4, 0.5) is 0 Å². The lowest BCUT2D eigenvalue weighted by Crippen LogP contribution is -2.27. The number of hydrogen-bond acceptors (Lipinski definition) is 4. The molecule has 2 N–H and O–H groups in total. The molecule has 1 aromatic heterocycles. The van der Waals surface area contributed by atoms with Crippen molar-refractivity contribution in [3.8, 4) is 6.07 Å². The predicted molar refractivity (Wildman–Crippen MR) is 55.8 cm³/mol. The number of furan rings is 1. The molecular formula is C11H16N2O2. The highest BCUT2D eigenvalue weighted by molar-refractivity contribution is 5.06. The molecule has 1 rings (SSSR count). The van der Waals surface area contributed by atoms with E-state index in [1.54, 1.807) is 6.07 Å². The SMILES string of the molecule is CCC(CC#N)NCc1ccc(CO)o1. The Balaban J connectivity index is 2.38. The molecule has 0 aromatic carbocycles. The number of nitriles is 1. The summed E-state index contributed by atoms with van der Waals surface area (Å²) in [5.74, 6) is 1.36. The molecule has 1 atom stereocenters. The highest BCUT2D eigenvalue weighted by Gasteiger charge is 2.06. The van der Waals surface area contributed by atoms with Crippen molar-refractivity contribution in [1.29, 1.82) is 5.26 Å². The first-order valence-corrected chi connectivity index (χ1v) is 5.09. The van der Waals surface area contributed by atoms with Crippen LogP contribution >= 0.6 is 0 Å². The zero-order valence-electron chi connectivity index (χ0n) is 8.86. The van der Waals surface area contributed by atoms with Gasteiger partial charge in [-0.25, -0.2) is 0 Å². The van der Waals surface area contributed by atoms with Gasteiger partial charge in [-0.2, -0.15) is 5.26 Å². The summed E-state index contributed by atoms with van der Waals surface area (Å²) >= 11 is 0. The average Bonchev–Trinajstić information content (AvgIpc) is 2.72. The predicted octanol–water partition coefficient (Wildman–Crippen LogP) is 1.55. The van der Waals surface area contributed by atoms with Crippen molar-refractivity contribution in [2.45, 2.75) is 39.0 Å². The van der Waals surface area contributed by atoms with Gasteiger partial charge in [-0.3, -0.25) is 0 Å². The summed E-state index contributed by atoms with van der Waals surface area (Å²) in [5, 5.41) is 20.6. The third kappa shape index (κ3) is 3.74. The van der Waals surface area contributed by atoms with E-state index in [1.807, 2.05) is 13.0 Å². The van der Waals surface area contributed by atoms with E-state index in [4.69, 9.17) is 14.8 Å². The van der Waals surface area contributed by atoms with Gasteiger partial charge in [-0.05, 0) is 18.6 Å². The van der Waals surface area contributed by atoms with Gasteiger partial charge in [0.05, 0.1) is 19.0 Å². The molecule has 0 aliphatic carbocycles. The van der Waals surface area contributed by atoms with Crippen LogP contribution in [-0.4, -0.2) is 11.1 Å². The van der Waals surface area contributed by atoms with Crippen molar-refractivity contribution in [2.75, 3.05) is 0 Å². The lowest BCUT2D eigenvalue weighted by atomic mass is 10.1. The Morgan fingerprint density at radius 2 is 2.27 bits per heavy atom. The van der Waals surface area contributed by atoms with Crippen LogP contribution in [0.2, 0.25) is 0 Å². The van der Waals surface area contributed by atoms with Crippen LogP contribution in [0.15, 0.2) is 16.5 Å². The summed E-state index contributed by atoms with van der Waals surface area (Å²) in [4.78, 5) is 0. The molecule has 0 radical (unpaired) electrons. The maximum atomic E-state index is 8.80. The highest BCUT2D eigenvalue weighted by atomic mass is 16.4. The van der Waals surface area contributed by atoms with Crippen LogP contribution in [0.3, 0.4) is 0 Å². The second-order valence-corrected chi connectivity index (χ2v) is 3.37. The third-order valence-corrected chi connectivity index (χ3v) is 2.27. The molecule has 4 nitrogen and oxygen atoms in total. The fourth-order valence-electron chi connectivity index (χ4n) is 1.32. The molecule has 0 aliphatic heterocycles. The molecule has 0 saturated heterocycles. The van der Waals surface area contributed by atoms with Crippen molar-refractivity contribution in [1.82, 2.24) is 5.32 Å². The van der Waals surface area contributed by atoms with Crippen LogP contribution in [0, 0.1) is 11.3 Å². The number of aliphatic hydroxyl groups is 1. The quantitative estimate of drug-likeness (QED) is 0.744. The van der Waals surface area contributed by atoms with Crippen molar-refractivity contribution in [3.05, 3.63) is 23.7 Å². The minimum Gasteiger partial charge on any atom is -0.462 e. The Morgan fingerprint density at radius 1 is 1.53 bits per heavy atom. The fraction of sp³-hybridized carbons (Fsp3) is 0.545. The van der Waals surface area contributed by atoms with E-state index in [9.17, 15) is 0 Å². The summed E-state index contributed by atoms with van der Waals surface area (Å²) in [6.45, 7) is 2.56. The highest BCUT2D eigenvalue weighted by Crippen LogP contribution is 2.08. The fourth-order valence-corrected chi connectivity index (χ4v) is 1.32. The normalized spacial score (nSPS) is 12.3. The van der Waals surface area contributed by atoms with E-state index < -0.39 is 0 Å². The molecule has 0 saturated carbocycles. The van der Waals surface area contributed by atoms with Crippen LogP contribution in [0.1, 0.15) is 31.3 Å². The molecule has 0 bridgehead atoms. The molecule has 15 heavy (non-hydrogen) atoms. The molecule has 1 aromatic rings. The van der Waals surface area contributed by atoms with Gasteiger partial charge in [0, 0.05) is 6.04 Å². The van der Waals surface area contributed by atoms with E-state index in [-0.39, 0.29) is 12.6 Å². The second-order valence-electron chi connectivity index (χ2n) is 3.37. The summed E-state index contributed by atoms with van der Waals surface area (Å²) in [7, 11) is 0. The van der Waals surface area contributed by atoms with E-state index in [1.165, 1.54) is 0 Å². The smallest absolute Gasteiger partial charge is 0.129 e. The van der Waals surface area contributed by atoms with Crippen LogP contribution in [0.25, 0.3) is 0 Å². The minimum absolute atomic E-state index is 0.0740. The van der Waals surface area contributed by atoms with Gasteiger partial charge in [-0.1, -0.05) is 6.92 Å². The van der Waals surface area contributed by atoms with Gasteiger partial charge in [0.2, 0.25) is 0 Å². The van der Waals surface area contributed by atoms with E-state index in [0.29, 0.717) is 18.7 Å². The Morgan fingerprint density at radius 3 is 2.80 bits per heavy atom. The summed E-state index contributed by atoms with van der Waals surface area (Å²) in [6.07, 6.45) is 1.42. The molecule has 1 unspecified atom stereocenters. The molecular weight excluding hydrogens is 192 g/mol. The van der Waals surface area contributed by atoms with Gasteiger partial charge in [0.1, 0.15) is 18.1 Å². The van der Waals surface area contributed by atoms with Crippen LogP contribution in [0.5, 0.6) is 0 Å². The zero-order valence-corrected chi connectivity index (χ0v) is 8.86. The number of rotatable bonds is 6. The first-order chi connectivity index (χ1) is 7.30. The monoisotopic (exact) mass is 208 g/mol. The molecule has 4 heteroatoms. The molecule has 0 fully saturated rings. The molecule has 0 spiro atoms. The van der Waals surface area contributed by atoms with Crippen LogP contribution in [-0.2, 0) is 13.2 Å². The number of nitrogens with zero attached hydrogens (tertiary/aromatic N) is 1. The Kier molecular flexibility index (Phi) is 4.88. The first kappa shape index (κ1) is 11.8. The Hall–Kier alpha value is -1.31. The maximum absolute atomic E-state index is 8.80. The molecule has 0 amide bonds. The summed E-state index contributed by atoms with van der Waals surface area (Å²) in [5.41, 5.74) is 0. The number of aliphatic hydroxyl groups excluding tert-OH is 1. The van der Waals surface area contributed by atoms with Gasteiger partial charge in [-0.15, -0.1) is 0 Å².